The van der Waals surface area contributed by atoms with Gasteiger partial charge in [0.05, 0.1) is 0 Å². The molecule has 1 aromatic carbocycles. The summed E-state index contributed by atoms with van der Waals surface area (Å²) in [7, 11) is 0. The molecule has 0 aromatic heterocycles. The van der Waals surface area contributed by atoms with Crippen LogP contribution in [0.15, 0.2) is 36.4 Å². The zero-order valence-corrected chi connectivity index (χ0v) is 10.4. The maximum absolute atomic E-state index is 5.51. The van der Waals surface area contributed by atoms with E-state index in [1.165, 1.54) is 37.1 Å². The lowest BCUT2D eigenvalue weighted by Crippen LogP contribution is -2.29. The van der Waals surface area contributed by atoms with E-state index in [0.29, 0.717) is 0 Å². The quantitative estimate of drug-likeness (QED) is 0.788. The maximum atomic E-state index is 5.51. The SMILES string of the molecule is NCCCCN1CC=C(c2ccccc2)CC1. The van der Waals surface area contributed by atoms with E-state index < -0.39 is 0 Å². The Balaban J connectivity index is 1.85. The van der Waals surface area contributed by atoms with Crippen molar-refractivity contribution in [3.05, 3.63) is 42.0 Å². The van der Waals surface area contributed by atoms with E-state index in [0.717, 1.165) is 19.5 Å². The molecule has 2 heteroatoms. The minimum absolute atomic E-state index is 0.818. The van der Waals surface area contributed by atoms with E-state index in [9.17, 15) is 0 Å². The van der Waals surface area contributed by atoms with Gasteiger partial charge in [-0.1, -0.05) is 36.4 Å². The Morgan fingerprint density at radius 2 is 1.94 bits per heavy atom. The lowest BCUT2D eigenvalue weighted by Gasteiger charge is -2.26. The molecule has 2 rings (SSSR count). The normalized spacial score (nSPS) is 16.9. The molecular formula is C15H22N2. The van der Waals surface area contributed by atoms with Crippen molar-refractivity contribution in [2.75, 3.05) is 26.2 Å². The molecule has 92 valence electrons. The summed E-state index contributed by atoms with van der Waals surface area (Å²) in [5, 5.41) is 0. The zero-order valence-electron chi connectivity index (χ0n) is 10.4. The number of unbranched alkanes of at least 4 members (excludes halogenated alkanes) is 1. The van der Waals surface area contributed by atoms with Gasteiger partial charge >= 0.3 is 0 Å². The van der Waals surface area contributed by atoms with Crippen LogP contribution in [-0.4, -0.2) is 31.1 Å². The van der Waals surface area contributed by atoms with Crippen LogP contribution in [0.1, 0.15) is 24.8 Å². The van der Waals surface area contributed by atoms with Crippen molar-refractivity contribution < 1.29 is 0 Å². The van der Waals surface area contributed by atoms with Crippen molar-refractivity contribution >= 4 is 5.57 Å². The zero-order chi connectivity index (χ0) is 11.9. The molecule has 0 aliphatic carbocycles. The van der Waals surface area contributed by atoms with Gasteiger partial charge in [0.1, 0.15) is 0 Å². The first kappa shape index (κ1) is 12.3. The Labute approximate surface area is 104 Å². The Hall–Kier alpha value is -1.12. The second-order valence-corrected chi connectivity index (χ2v) is 4.64. The van der Waals surface area contributed by atoms with Gasteiger partial charge in [0.2, 0.25) is 0 Å². The summed E-state index contributed by atoms with van der Waals surface area (Å²) in [6.45, 7) is 4.29. The molecule has 0 unspecified atom stereocenters. The van der Waals surface area contributed by atoms with Crippen molar-refractivity contribution in [2.24, 2.45) is 5.73 Å². The number of hydrogen-bond acceptors (Lipinski definition) is 2. The van der Waals surface area contributed by atoms with Crippen LogP contribution < -0.4 is 5.73 Å². The fourth-order valence-electron chi connectivity index (χ4n) is 2.31. The first-order chi connectivity index (χ1) is 8.40. The number of benzene rings is 1. The van der Waals surface area contributed by atoms with Gasteiger partial charge in [-0.3, -0.25) is 4.90 Å². The molecule has 17 heavy (non-hydrogen) atoms. The average molecular weight is 230 g/mol. The first-order valence-electron chi connectivity index (χ1n) is 6.57. The minimum Gasteiger partial charge on any atom is -0.330 e. The number of rotatable bonds is 5. The summed E-state index contributed by atoms with van der Waals surface area (Å²) in [5.41, 5.74) is 8.40. The summed E-state index contributed by atoms with van der Waals surface area (Å²) in [6, 6.07) is 10.7. The molecule has 0 radical (unpaired) electrons. The molecule has 2 N–H and O–H groups in total. The molecule has 2 nitrogen and oxygen atoms in total. The topological polar surface area (TPSA) is 29.3 Å². The Kier molecular flexibility index (Phi) is 4.77. The summed E-state index contributed by atoms with van der Waals surface area (Å²) in [6.07, 6.45) is 5.92. The lowest BCUT2D eigenvalue weighted by molar-refractivity contribution is 0.296. The van der Waals surface area contributed by atoms with Gasteiger partial charge in [0.25, 0.3) is 0 Å². The second kappa shape index (κ2) is 6.58. The van der Waals surface area contributed by atoms with E-state index in [1.54, 1.807) is 0 Å². The fraction of sp³-hybridized carbons (Fsp3) is 0.467. The number of nitrogens with two attached hydrogens (primary N) is 1. The van der Waals surface area contributed by atoms with Crippen molar-refractivity contribution in [3.63, 3.8) is 0 Å². The molecule has 1 aliphatic rings. The van der Waals surface area contributed by atoms with Crippen LogP contribution in [-0.2, 0) is 0 Å². The van der Waals surface area contributed by atoms with Crippen molar-refractivity contribution in [1.82, 2.24) is 4.90 Å². The van der Waals surface area contributed by atoms with Gasteiger partial charge in [-0.25, -0.2) is 0 Å². The summed E-state index contributed by atoms with van der Waals surface area (Å²) in [5.74, 6) is 0. The molecule has 1 heterocycles. The minimum atomic E-state index is 0.818. The van der Waals surface area contributed by atoms with Gasteiger partial charge < -0.3 is 5.73 Å². The molecule has 0 fully saturated rings. The Bertz CT molecular complexity index is 356. The molecule has 0 saturated heterocycles. The highest BCUT2D eigenvalue weighted by molar-refractivity contribution is 5.66. The van der Waals surface area contributed by atoms with Crippen molar-refractivity contribution in [3.8, 4) is 0 Å². The van der Waals surface area contributed by atoms with Crippen LogP contribution >= 0.6 is 0 Å². The maximum Gasteiger partial charge on any atom is 0.0169 e. The Morgan fingerprint density at radius 3 is 2.59 bits per heavy atom. The smallest absolute Gasteiger partial charge is 0.0169 e. The molecule has 1 aromatic rings. The van der Waals surface area contributed by atoms with E-state index >= 15 is 0 Å². The monoisotopic (exact) mass is 230 g/mol. The van der Waals surface area contributed by atoms with Gasteiger partial charge in [-0.2, -0.15) is 0 Å². The largest absolute Gasteiger partial charge is 0.330 e. The fourth-order valence-corrected chi connectivity index (χ4v) is 2.31. The second-order valence-electron chi connectivity index (χ2n) is 4.64. The van der Waals surface area contributed by atoms with Gasteiger partial charge in [-0.15, -0.1) is 0 Å². The molecular weight excluding hydrogens is 208 g/mol. The van der Waals surface area contributed by atoms with Crippen LogP contribution in [0.5, 0.6) is 0 Å². The third kappa shape index (κ3) is 3.69. The summed E-state index contributed by atoms with van der Waals surface area (Å²) in [4.78, 5) is 2.52. The van der Waals surface area contributed by atoms with E-state index in [2.05, 4.69) is 41.3 Å². The third-order valence-electron chi connectivity index (χ3n) is 3.37. The Morgan fingerprint density at radius 1 is 1.12 bits per heavy atom. The highest BCUT2D eigenvalue weighted by Gasteiger charge is 2.11. The van der Waals surface area contributed by atoms with Crippen molar-refractivity contribution in [2.45, 2.75) is 19.3 Å². The van der Waals surface area contributed by atoms with Crippen LogP contribution in [0.2, 0.25) is 0 Å². The number of nitrogens with zero attached hydrogens (tertiary/aromatic N) is 1. The predicted octanol–water partition coefficient (Wildman–Crippen LogP) is 2.51. The van der Waals surface area contributed by atoms with E-state index in [4.69, 9.17) is 5.73 Å². The molecule has 0 saturated carbocycles. The number of hydrogen-bond donors (Lipinski definition) is 1. The standard InChI is InChI=1S/C15H22N2/c16-10-4-5-11-17-12-8-15(9-13-17)14-6-2-1-3-7-14/h1-3,6-8H,4-5,9-13,16H2. The molecule has 0 atom stereocenters. The molecule has 0 spiro atoms. The van der Waals surface area contributed by atoms with Gasteiger partial charge in [-0.05, 0) is 43.5 Å². The average Bonchev–Trinajstić information content (AvgIpc) is 2.41. The van der Waals surface area contributed by atoms with E-state index in [-0.39, 0.29) is 0 Å². The van der Waals surface area contributed by atoms with Crippen LogP contribution in [0.3, 0.4) is 0 Å². The third-order valence-corrected chi connectivity index (χ3v) is 3.37. The van der Waals surface area contributed by atoms with Crippen LogP contribution in [0.4, 0.5) is 0 Å². The highest BCUT2D eigenvalue weighted by Crippen LogP contribution is 2.21. The summed E-state index contributed by atoms with van der Waals surface area (Å²) < 4.78 is 0. The van der Waals surface area contributed by atoms with Crippen molar-refractivity contribution in [1.29, 1.82) is 0 Å². The molecule has 1 aliphatic heterocycles. The predicted molar refractivity (Wildman–Crippen MR) is 73.8 cm³/mol. The van der Waals surface area contributed by atoms with E-state index in [1.807, 2.05) is 0 Å². The van der Waals surface area contributed by atoms with Crippen LogP contribution in [0.25, 0.3) is 5.57 Å². The van der Waals surface area contributed by atoms with Gasteiger partial charge in [0.15, 0.2) is 0 Å². The lowest BCUT2D eigenvalue weighted by atomic mass is 9.99. The molecule has 0 amide bonds. The first-order valence-corrected chi connectivity index (χ1v) is 6.57. The van der Waals surface area contributed by atoms with Gasteiger partial charge in [0, 0.05) is 13.1 Å². The highest BCUT2D eigenvalue weighted by atomic mass is 15.1. The summed E-state index contributed by atoms with van der Waals surface area (Å²) >= 11 is 0. The molecule has 0 bridgehead atoms. The van der Waals surface area contributed by atoms with Crippen LogP contribution in [0, 0.1) is 0 Å².